The second kappa shape index (κ2) is 18.8. The maximum absolute atomic E-state index is 11.0. The average Bonchev–Trinajstić information content (AvgIpc) is 3.03. The monoisotopic (exact) mass is 659 g/mol. The Bertz CT molecular complexity index is 829. The first-order valence-corrected chi connectivity index (χ1v) is 15.8. The van der Waals surface area contributed by atoms with Crippen LogP contribution in [0.25, 0.3) is 0 Å². The molecule has 0 saturated carbocycles. The molecule has 3 aliphatic heterocycles. The number of aliphatic hydroxyl groups is 10. The molecular formula is C28H53NO16. The zero-order chi connectivity index (χ0) is 33.3. The Kier molecular flexibility index (Phi) is 16.2. The lowest BCUT2D eigenvalue weighted by atomic mass is 9.96. The van der Waals surface area contributed by atoms with Crippen molar-refractivity contribution in [3.8, 4) is 0 Å². The Morgan fingerprint density at radius 1 is 0.533 bits per heavy atom. The van der Waals surface area contributed by atoms with Crippen LogP contribution in [0.1, 0.15) is 58.3 Å². The largest absolute Gasteiger partial charge is 0.394 e. The third-order valence-electron chi connectivity index (χ3n) is 8.48. The summed E-state index contributed by atoms with van der Waals surface area (Å²) in [6, 6.07) is 0. The molecule has 0 bridgehead atoms. The fraction of sp³-hybridized carbons (Fsp3) is 1.00. The second-order valence-electron chi connectivity index (χ2n) is 11.9. The summed E-state index contributed by atoms with van der Waals surface area (Å²) in [5.74, 6) is 0. The lowest BCUT2D eigenvalue weighted by molar-refractivity contribution is -0.395. The molecule has 3 aliphatic rings. The molecule has 17 heteroatoms. The van der Waals surface area contributed by atoms with Crippen LogP contribution in [0, 0.1) is 0 Å². The molecule has 0 aliphatic carbocycles. The van der Waals surface area contributed by atoms with E-state index in [0.717, 1.165) is 38.5 Å². The summed E-state index contributed by atoms with van der Waals surface area (Å²) >= 11 is 0. The van der Waals surface area contributed by atoms with E-state index in [9.17, 15) is 51.1 Å². The molecule has 0 aromatic carbocycles. The van der Waals surface area contributed by atoms with Gasteiger partial charge in [-0.15, -0.1) is 0 Å². The standard InChI is InChI=1S/C28H53NO16/c1-2-3-4-5-6-7-8-9-16(29)43-27-24(21(37)18(34)14(11-31)41-27)45-28-25(22(38)19(35)15(12-32)42-28)44-26-23(39)20(36)17(33)13(10-30)40-26/h13-28,30-39H,2-12,29H2,1H3/t13?,14?,15?,16?,17-,18-,19-,20+,21+,22+,23?,24?,25?,26+,27-,28-/m1/s1. The van der Waals surface area contributed by atoms with Gasteiger partial charge in [-0.3, -0.25) is 0 Å². The molecule has 16 atom stereocenters. The second-order valence-corrected chi connectivity index (χ2v) is 11.9. The van der Waals surface area contributed by atoms with Crippen LogP contribution in [0.4, 0.5) is 0 Å². The van der Waals surface area contributed by atoms with Gasteiger partial charge in [-0.25, -0.2) is 0 Å². The van der Waals surface area contributed by atoms with Gasteiger partial charge in [0.15, 0.2) is 18.9 Å². The number of aliphatic hydroxyl groups excluding tert-OH is 10. The third-order valence-corrected chi connectivity index (χ3v) is 8.48. The highest BCUT2D eigenvalue weighted by Gasteiger charge is 2.54. The van der Waals surface area contributed by atoms with E-state index in [-0.39, 0.29) is 0 Å². The molecule has 0 aromatic rings. The Morgan fingerprint density at radius 2 is 0.956 bits per heavy atom. The summed E-state index contributed by atoms with van der Waals surface area (Å²) in [5.41, 5.74) is 6.19. The number of nitrogens with two attached hydrogens (primary N) is 1. The molecule has 12 N–H and O–H groups in total. The van der Waals surface area contributed by atoms with E-state index < -0.39 is 118 Å². The summed E-state index contributed by atoms with van der Waals surface area (Å²) in [5, 5.41) is 103. The SMILES string of the molecule is CCCCCCCCCC(N)O[C@H]1OC(CO)[C@@H](O)[C@H](O)C1O[C@H]1OC(CO)[C@@H](O)[C@H](O)C1O[C@@H]1OC(CO)[C@@H](O)[C@H](O)C1O. The van der Waals surface area contributed by atoms with Crippen molar-refractivity contribution >= 4 is 0 Å². The fourth-order valence-corrected chi connectivity index (χ4v) is 5.65. The number of ether oxygens (including phenoxy) is 6. The van der Waals surface area contributed by atoms with Gasteiger partial charge in [-0.05, 0) is 12.8 Å². The predicted octanol–water partition coefficient (Wildman–Crippen LogP) is -4.12. The minimum atomic E-state index is -1.89. The summed E-state index contributed by atoms with van der Waals surface area (Å²) in [6.07, 6.45) is -18.1. The molecule has 266 valence electrons. The van der Waals surface area contributed by atoms with E-state index in [4.69, 9.17) is 34.2 Å². The first-order chi connectivity index (χ1) is 21.5. The normalized spacial score (nSPS) is 43.3. The predicted molar refractivity (Wildman–Crippen MR) is 151 cm³/mol. The summed E-state index contributed by atoms with van der Waals surface area (Å²) in [6.45, 7) is -0.0927. The lowest BCUT2D eigenvalue weighted by Crippen LogP contribution is -2.67. The third kappa shape index (κ3) is 9.93. The van der Waals surface area contributed by atoms with Crippen LogP contribution in [0.3, 0.4) is 0 Å². The van der Waals surface area contributed by atoms with Crippen molar-refractivity contribution in [3.63, 3.8) is 0 Å². The molecule has 3 fully saturated rings. The van der Waals surface area contributed by atoms with E-state index in [1.807, 2.05) is 0 Å². The summed E-state index contributed by atoms with van der Waals surface area (Å²) < 4.78 is 34.1. The zero-order valence-electron chi connectivity index (χ0n) is 25.5. The molecule has 7 unspecified atom stereocenters. The van der Waals surface area contributed by atoms with Gasteiger partial charge in [0.2, 0.25) is 0 Å². The van der Waals surface area contributed by atoms with Crippen LogP contribution in [0.15, 0.2) is 0 Å². The molecule has 0 aromatic heterocycles. The van der Waals surface area contributed by atoms with Crippen LogP contribution in [0.5, 0.6) is 0 Å². The van der Waals surface area contributed by atoms with Gasteiger partial charge in [0.1, 0.15) is 79.5 Å². The molecule has 0 radical (unpaired) electrons. The summed E-state index contributed by atoms with van der Waals surface area (Å²) in [7, 11) is 0. The van der Waals surface area contributed by atoms with Gasteiger partial charge in [0.25, 0.3) is 0 Å². The minimum absolute atomic E-state index is 0.420. The number of hydrogen-bond acceptors (Lipinski definition) is 17. The molecule has 3 saturated heterocycles. The maximum atomic E-state index is 11.0. The Labute approximate surface area is 262 Å². The highest BCUT2D eigenvalue weighted by atomic mass is 16.8. The van der Waals surface area contributed by atoms with Crippen molar-refractivity contribution in [3.05, 3.63) is 0 Å². The van der Waals surface area contributed by atoms with Gasteiger partial charge in [0, 0.05) is 0 Å². The van der Waals surface area contributed by atoms with E-state index in [1.165, 1.54) is 6.42 Å². The van der Waals surface area contributed by atoms with Gasteiger partial charge in [-0.2, -0.15) is 0 Å². The van der Waals surface area contributed by atoms with E-state index in [2.05, 4.69) is 6.92 Å². The van der Waals surface area contributed by atoms with Gasteiger partial charge in [0.05, 0.1) is 19.8 Å². The van der Waals surface area contributed by atoms with Gasteiger partial charge >= 0.3 is 0 Å². The van der Waals surface area contributed by atoms with E-state index in [1.54, 1.807) is 0 Å². The van der Waals surface area contributed by atoms with E-state index >= 15 is 0 Å². The van der Waals surface area contributed by atoms with Crippen molar-refractivity contribution in [2.75, 3.05) is 19.8 Å². The van der Waals surface area contributed by atoms with Gasteiger partial charge in [-0.1, -0.05) is 45.4 Å². The Hall–Kier alpha value is -0.680. The highest BCUT2D eigenvalue weighted by molar-refractivity contribution is 4.96. The van der Waals surface area contributed by atoms with Crippen LogP contribution in [-0.4, -0.2) is 169 Å². The minimum Gasteiger partial charge on any atom is -0.394 e. The number of hydrogen-bond donors (Lipinski definition) is 11. The topological polar surface area (TPSA) is 284 Å². The first-order valence-electron chi connectivity index (χ1n) is 15.8. The first kappa shape index (κ1) is 38.8. The van der Waals surface area contributed by atoms with Crippen LogP contribution in [0.2, 0.25) is 0 Å². The van der Waals surface area contributed by atoms with Crippen molar-refractivity contribution in [2.24, 2.45) is 5.73 Å². The molecule has 0 amide bonds. The van der Waals surface area contributed by atoms with Crippen molar-refractivity contribution in [1.82, 2.24) is 0 Å². The molecule has 45 heavy (non-hydrogen) atoms. The van der Waals surface area contributed by atoms with Gasteiger partial charge < -0.3 is 85.2 Å². The molecule has 17 nitrogen and oxygen atoms in total. The zero-order valence-corrected chi connectivity index (χ0v) is 25.5. The van der Waals surface area contributed by atoms with Crippen LogP contribution in [-0.2, 0) is 28.4 Å². The van der Waals surface area contributed by atoms with Crippen molar-refractivity contribution < 1.29 is 79.5 Å². The quantitative estimate of drug-likeness (QED) is 0.0522. The number of rotatable bonds is 17. The smallest absolute Gasteiger partial charge is 0.189 e. The molecule has 3 rings (SSSR count). The maximum Gasteiger partial charge on any atom is 0.189 e. The van der Waals surface area contributed by atoms with E-state index in [0.29, 0.717) is 6.42 Å². The summed E-state index contributed by atoms with van der Waals surface area (Å²) in [4.78, 5) is 0. The molecular weight excluding hydrogens is 606 g/mol. The Balaban J connectivity index is 1.76. The molecule has 3 heterocycles. The lowest BCUT2D eigenvalue weighted by Gasteiger charge is -2.48. The van der Waals surface area contributed by atoms with Crippen LogP contribution >= 0.6 is 0 Å². The average molecular weight is 660 g/mol. The molecule has 0 spiro atoms. The van der Waals surface area contributed by atoms with Crippen molar-refractivity contribution in [2.45, 2.75) is 157 Å². The fourth-order valence-electron chi connectivity index (χ4n) is 5.65. The van der Waals surface area contributed by atoms with Crippen molar-refractivity contribution in [1.29, 1.82) is 0 Å². The number of unbranched alkanes of at least 4 members (excludes halogenated alkanes) is 6. The van der Waals surface area contributed by atoms with Crippen LogP contribution < -0.4 is 5.73 Å². The Morgan fingerprint density at radius 3 is 1.49 bits per heavy atom. The highest BCUT2D eigenvalue weighted by Crippen LogP contribution is 2.33.